The zero-order valence-corrected chi connectivity index (χ0v) is 15.2. The van der Waals surface area contributed by atoms with Crippen LogP contribution in [-0.2, 0) is 9.53 Å². The molecule has 0 radical (unpaired) electrons. The number of fused-ring (bicyclic) bond motifs is 1. The molecule has 1 N–H and O–H groups in total. The quantitative estimate of drug-likeness (QED) is 0.516. The van der Waals surface area contributed by atoms with Crippen LogP contribution < -0.4 is 5.32 Å². The molecule has 0 bridgehead atoms. The van der Waals surface area contributed by atoms with Crippen molar-refractivity contribution in [3.8, 4) is 6.07 Å². The predicted molar refractivity (Wildman–Crippen MR) is 99.4 cm³/mol. The number of esters is 1. The summed E-state index contributed by atoms with van der Waals surface area (Å²) in [6.45, 7) is 1.23. The Morgan fingerprint density at radius 3 is 2.96 bits per heavy atom. The molecule has 0 spiro atoms. The second-order valence-corrected chi connectivity index (χ2v) is 6.43. The lowest BCUT2D eigenvalue weighted by atomic mass is 10.2. The Morgan fingerprint density at radius 2 is 2.15 bits per heavy atom. The maximum Gasteiger partial charge on any atom is 0.344 e. The number of carbonyl (C=O) groups is 2. The van der Waals surface area contributed by atoms with Crippen LogP contribution in [-0.4, -0.2) is 38.8 Å². The zero-order valence-electron chi connectivity index (χ0n) is 14.4. The van der Waals surface area contributed by atoms with Crippen LogP contribution in [0.25, 0.3) is 5.65 Å². The molecule has 2 heterocycles. The van der Waals surface area contributed by atoms with E-state index in [0.717, 1.165) is 4.90 Å². The minimum absolute atomic E-state index is 0.230. The number of amides is 1. The van der Waals surface area contributed by atoms with Gasteiger partial charge in [0.2, 0.25) is 0 Å². The van der Waals surface area contributed by atoms with Crippen LogP contribution in [0.4, 0.5) is 5.69 Å². The number of benzene rings is 1. The van der Waals surface area contributed by atoms with E-state index in [1.54, 1.807) is 43.6 Å². The lowest BCUT2D eigenvalue weighted by Gasteiger charge is -2.10. The summed E-state index contributed by atoms with van der Waals surface area (Å²) in [6, 6.07) is 10.8. The molecule has 3 aromatic rings. The van der Waals surface area contributed by atoms with Crippen LogP contribution in [0.15, 0.2) is 47.6 Å². The minimum atomic E-state index is -0.663. The first kappa shape index (κ1) is 18.4. The molecule has 0 atom stereocenters. The molecular weight excluding hydrogens is 366 g/mol. The number of ether oxygens (including phenoxy) is 1. The molecule has 9 heteroatoms. The maximum absolute atomic E-state index is 12.4. The number of nitrogens with zero attached hydrogens (tertiary/aromatic N) is 4. The van der Waals surface area contributed by atoms with Gasteiger partial charge in [-0.2, -0.15) is 10.4 Å². The first-order valence-corrected chi connectivity index (χ1v) is 8.94. The lowest BCUT2D eigenvalue weighted by molar-refractivity contribution is -0.119. The molecule has 27 heavy (non-hydrogen) atoms. The highest BCUT2D eigenvalue weighted by Crippen LogP contribution is 2.26. The van der Waals surface area contributed by atoms with Crippen molar-refractivity contribution in [1.82, 2.24) is 14.6 Å². The standard InChI is InChI=1S/C18H15N5O3S/c1-12-16(17-20-8-4-9-23(17)22-12)18(25)26-11-15(24)21-13-5-2-3-6-14(13)27-10-7-19/h2-6,8-9H,10-11H2,1H3,(H,21,24). The second kappa shape index (κ2) is 8.33. The molecule has 1 amide bonds. The van der Waals surface area contributed by atoms with Gasteiger partial charge in [-0.1, -0.05) is 12.1 Å². The summed E-state index contributed by atoms with van der Waals surface area (Å²) in [5.74, 6) is -0.873. The fourth-order valence-corrected chi connectivity index (χ4v) is 3.10. The first-order valence-electron chi connectivity index (χ1n) is 7.96. The Kier molecular flexibility index (Phi) is 5.68. The van der Waals surface area contributed by atoms with Gasteiger partial charge in [0.15, 0.2) is 12.3 Å². The van der Waals surface area contributed by atoms with E-state index in [1.807, 2.05) is 12.1 Å². The topological polar surface area (TPSA) is 109 Å². The van der Waals surface area contributed by atoms with Crippen LogP contribution >= 0.6 is 11.8 Å². The van der Waals surface area contributed by atoms with Gasteiger partial charge in [0.25, 0.3) is 5.91 Å². The summed E-state index contributed by atoms with van der Waals surface area (Å²) >= 11 is 1.31. The molecule has 8 nitrogen and oxygen atoms in total. The van der Waals surface area contributed by atoms with Crippen LogP contribution in [0.1, 0.15) is 16.1 Å². The highest BCUT2D eigenvalue weighted by atomic mass is 32.2. The predicted octanol–water partition coefficient (Wildman–Crippen LogP) is 2.45. The van der Waals surface area contributed by atoms with Gasteiger partial charge in [-0.15, -0.1) is 11.8 Å². The number of hydrogen-bond donors (Lipinski definition) is 1. The number of nitriles is 1. The van der Waals surface area contributed by atoms with E-state index in [9.17, 15) is 9.59 Å². The number of thioether (sulfide) groups is 1. The van der Waals surface area contributed by atoms with Gasteiger partial charge in [0.05, 0.1) is 23.2 Å². The number of para-hydroxylation sites is 1. The molecule has 0 aliphatic heterocycles. The van der Waals surface area contributed by atoms with E-state index in [4.69, 9.17) is 10.00 Å². The van der Waals surface area contributed by atoms with E-state index in [1.165, 1.54) is 16.3 Å². The number of rotatable bonds is 6. The Morgan fingerprint density at radius 1 is 1.33 bits per heavy atom. The molecule has 136 valence electrons. The third-order valence-electron chi connectivity index (χ3n) is 3.56. The van der Waals surface area contributed by atoms with Crippen LogP contribution in [0.5, 0.6) is 0 Å². The Hall–Kier alpha value is -3.38. The van der Waals surface area contributed by atoms with Gasteiger partial charge in [-0.05, 0) is 25.1 Å². The van der Waals surface area contributed by atoms with Crippen molar-refractivity contribution >= 4 is 35.0 Å². The van der Waals surface area contributed by atoms with E-state index >= 15 is 0 Å². The van der Waals surface area contributed by atoms with Crippen molar-refractivity contribution in [1.29, 1.82) is 5.26 Å². The third kappa shape index (κ3) is 4.24. The fourth-order valence-electron chi connectivity index (χ4n) is 2.43. The van der Waals surface area contributed by atoms with Crippen molar-refractivity contribution < 1.29 is 14.3 Å². The average molecular weight is 381 g/mol. The van der Waals surface area contributed by atoms with Gasteiger partial charge in [-0.3, -0.25) is 4.79 Å². The van der Waals surface area contributed by atoms with E-state index in [2.05, 4.69) is 15.4 Å². The Bertz CT molecular complexity index is 1040. The van der Waals surface area contributed by atoms with E-state index < -0.39 is 18.5 Å². The summed E-state index contributed by atoms with van der Waals surface area (Å²) in [5.41, 5.74) is 1.64. The highest BCUT2D eigenvalue weighted by molar-refractivity contribution is 7.99. The molecule has 0 unspecified atom stereocenters. The minimum Gasteiger partial charge on any atom is -0.452 e. The number of hydrogen-bond acceptors (Lipinski definition) is 7. The number of aryl methyl sites for hydroxylation is 1. The SMILES string of the molecule is Cc1nn2cccnc2c1C(=O)OCC(=O)Nc1ccccc1SCC#N. The molecule has 2 aromatic heterocycles. The molecule has 0 aliphatic rings. The maximum atomic E-state index is 12.4. The summed E-state index contributed by atoms with van der Waals surface area (Å²) < 4.78 is 6.61. The van der Waals surface area contributed by atoms with Crippen molar-refractivity contribution in [2.75, 3.05) is 17.7 Å². The Labute approximate surface area is 159 Å². The van der Waals surface area contributed by atoms with E-state index in [-0.39, 0.29) is 11.3 Å². The van der Waals surface area contributed by atoms with Crippen LogP contribution in [0.3, 0.4) is 0 Å². The van der Waals surface area contributed by atoms with Crippen molar-refractivity contribution in [3.05, 3.63) is 54.0 Å². The largest absolute Gasteiger partial charge is 0.452 e. The van der Waals surface area contributed by atoms with Crippen LogP contribution in [0.2, 0.25) is 0 Å². The number of anilines is 1. The summed E-state index contributed by atoms with van der Waals surface area (Å²) in [4.78, 5) is 29.4. The van der Waals surface area contributed by atoms with Gasteiger partial charge >= 0.3 is 5.97 Å². The van der Waals surface area contributed by atoms with Gasteiger partial charge in [-0.25, -0.2) is 14.3 Å². The average Bonchev–Trinajstić information content (AvgIpc) is 3.01. The number of carbonyl (C=O) groups excluding carboxylic acids is 2. The van der Waals surface area contributed by atoms with Crippen molar-refractivity contribution in [2.24, 2.45) is 0 Å². The smallest absolute Gasteiger partial charge is 0.344 e. The van der Waals surface area contributed by atoms with E-state index in [0.29, 0.717) is 17.0 Å². The summed E-state index contributed by atoms with van der Waals surface area (Å²) in [5, 5.41) is 15.6. The highest BCUT2D eigenvalue weighted by Gasteiger charge is 2.20. The third-order valence-corrected chi connectivity index (χ3v) is 4.50. The first-order chi connectivity index (χ1) is 13.1. The zero-order chi connectivity index (χ0) is 19.2. The van der Waals surface area contributed by atoms with Crippen molar-refractivity contribution in [2.45, 2.75) is 11.8 Å². The summed E-state index contributed by atoms with van der Waals surface area (Å²) in [7, 11) is 0. The van der Waals surface area contributed by atoms with Gasteiger partial charge in [0.1, 0.15) is 5.56 Å². The molecule has 0 saturated heterocycles. The molecule has 3 rings (SSSR count). The van der Waals surface area contributed by atoms with Crippen LogP contribution in [0, 0.1) is 18.3 Å². The monoisotopic (exact) mass is 381 g/mol. The lowest BCUT2D eigenvalue weighted by Crippen LogP contribution is -2.21. The molecule has 0 fully saturated rings. The molecule has 0 aliphatic carbocycles. The molecule has 1 aromatic carbocycles. The van der Waals surface area contributed by atoms with Crippen molar-refractivity contribution in [3.63, 3.8) is 0 Å². The number of nitrogens with one attached hydrogen (secondary N) is 1. The molecule has 0 saturated carbocycles. The molecular formula is C18H15N5O3S. The second-order valence-electron chi connectivity index (χ2n) is 5.42. The normalized spacial score (nSPS) is 10.4. The Balaban J connectivity index is 1.65. The van der Waals surface area contributed by atoms with Gasteiger partial charge < -0.3 is 10.1 Å². The number of aromatic nitrogens is 3. The van der Waals surface area contributed by atoms with Gasteiger partial charge in [0, 0.05) is 17.3 Å². The fraction of sp³-hybridized carbons (Fsp3) is 0.167. The summed E-state index contributed by atoms with van der Waals surface area (Å²) in [6.07, 6.45) is 3.23.